The minimum absolute atomic E-state index is 0.276. The fraction of sp³-hybridized carbons (Fsp3) is 0.455. The molecular weight excluding hydrogens is 294 g/mol. The van der Waals surface area contributed by atoms with Crippen LogP contribution in [0.5, 0.6) is 0 Å². The summed E-state index contributed by atoms with van der Waals surface area (Å²) in [7, 11) is 0. The average molecular weight is 323 g/mol. The lowest BCUT2D eigenvalue weighted by Crippen LogP contribution is -2.41. The van der Waals surface area contributed by atoms with Crippen molar-refractivity contribution in [3.05, 3.63) is 70.8 Å². The van der Waals surface area contributed by atoms with E-state index in [9.17, 15) is 5.11 Å². The molecule has 24 heavy (non-hydrogen) atoms. The van der Waals surface area contributed by atoms with Gasteiger partial charge in [-0.25, -0.2) is 0 Å². The first-order valence-corrected chi connectivity index (χ1v) is 9.12. The molecule has 2 heteroatoms. The van der Waals surface area contributed by atoms with Crippen molar-refractivity contribution in [1.82, 2.24) is 4.90 Å². The number of benzene rings is 2. The summed E-state index contributed by atoms with van der Waals surface area (Å²) in [5, 5.41) is 11.1. The number of likely N-dealkylation sites (N-methyl/N-ethyl adjacent to an activating group) is 1. The molecule has 1 aliphatic heterocycles. The van der Waals surface area contributed by atoms with E-state index >= 15 is 0 Å². The third kappa shape index (κ3) is 3.71. The van der Waals surface area contributed by atoms with Crippen molar-refractivity contribution in [3.63, 3.8) is 0 Å². The fourth-order valence-electron chi connectivity index (χ4n) is 3.88. The van der Waals surface area contributed by atoms with Gasteiger partial charge in [0, 0.05) is 12.5 Å². The summed E-state index contributed by atoms with van der Waals surface area (Å²) < 4.78 is 0. The van der Waals surface area contributed by atoms with Crippen molar-refractivity contribution in [3.8, 4) is 0 Å². The number of aryl methyl sites for hydroxylation is 2. The smallest absolute Gasteiger partial charge is 0.0825 e. The Balaban J connectivity index is 1.88. The molecule has 128 valence electrons. The van der Waals surface area contributed by atoms with Crippen molar-refractivity contribution in [1.29, 1.82) is 0 Å². The molecule has 0 bridgehead atoms. The Bertz CT molecular complexity index is 647. The number of nitrogens with zero attached hydrogens (tertiary/aromatic N) is 1. The van der Waals surface area contributed by atoms with Gasteiger partial charge in [-0.3, -0.25) is 0 Å². The molecule has 0 radical (unpaired) electrons. The summed E-state index contributed by atoms with van der Waals surface area (Å²) >= 11 is 0. The Labute approximate surface area is 146 Å². The zero-order valence-electron chi connectivity index (χ0n) is 15.1. The second kappa shape index (κ2) is 7.50. The molecule has 1 aliphatic rings. The van der Waals surface area contributed by atoms with Crippen LogP contribution in [0.15, 0.2) is 48.5 Å². The summed E-state index contributed by atoms with van der Waals surface area (Å²) in [6, 6.07) is 17.2. The Morgan fingerprint density at radius 2 is 1.58 bits per heavy atom. The molecule has 2 aromatic rings. The Kier molecular flexibility index (Phi) is 5.37. The third-order valence-electron chi connectivity index (χ3n) is 5.53. The molecular formula is C22H29NO. The van der Waals surface area contributed by atoms with E-state index < -0.39 is 6.10 Å². The number of likely N-dealkylation sites (tertiary alicyclic amines) is 1. The van der Waals surface area contributed by atoms with Gasteiger partial charge in [0.25, 0.3) is 0 Å². The second-order valence-corrected chi connectivity index (χ2v) is 7.22. The first-order chi connectivity index (χ1) is 11.6. The van der Waals surface area contributed by atoms with Crippen molar-refractivity contribution in [2.45, 2.75) is 39.2 Å². The van der Waals surface area contributed by atoms with E-state index in [1.165, 1.54) is 16.7 Å². The quantitative estimate of drug-likeness (QED) is 0.898. The van der Waals surface area contributed by atoms with Gasteiger partial charge in [-0.05, 0) is 50.4 Å². The zero-order chi connectivity index (χ0) is 17.1. The van der Waals surface area contributed by atoms with Gasteiger partial charge in [0.2, 0.25) is 0 Å². The van der Waals surface area contributed by atoms with Crippen LogP contribution < -0.4 is 0 Å². The van der Waals surface area contributed by atoms with Crippen molar-refractivity contribution in [2.75, 3.05) is 19.6 Å². The number of piperidine rings is 1. The standard InChI is InChI=1S/C22H29NO/c1-4-23-14-13-20(22(24)19-11-7-17(3)8-12-19)21(15-23)18-9-5-16(2)6-10-18/h5-12,20-22,24H,4,13-15H2,1-3H3. The third-order valence-corrected chi connectivity index (χ3v) is 5.53. The lowest BCUT2D eigenvalue weighted by atomic mass is 9.75. The number of hydrogen-bond donors (Lipinski definition) is 1. The molecule has 1 saturated heterocycles. The van der Waals surface area contributed by atoms with Gasteiger partial charge in [0.05, 0.1) is 6.10 Å². The topological polar surface area (TPSA) is 23.5 Å². The van der Waals surface area contributed by atoms with E-state index in [-0.39, 0.29) is 5.92 Å². The first kappa shape index (κ1) is 17.2. The number of aliphatic hydroxyl groups is 1. The zero-order valence-corrected chi connectivity index (χ0v) is 15.1. The van der Waals surface area contributed by atoms with Gasteiger partial charge < -0.3 is 10.0 Å². The van der Waals surface area contributed by atoms with Crippen molar-refractivity contribution < 1.29 is 5.11 Å². The van der Waals surface area contributed by atoms with E-state index in [0.717, 1.165) is 31.6 Å². The maximum Gasteiger partial charge on any atom is 0.0825 e. The maximum absolute atomic E-state index is 11.1. The molecule has 3 atom stereocenters. The lowest BCUT2D eigenvalue weighted by Gasteiger charge is -2.40. The molecule has 0 aromatic heterocycles. The van der Waals surface area contributed by atoms with Crippen LogP contribution >= 0.6 is 0 Å². The second-order valence-electron chi connectivity index (χ2n) is 7.22. The van der Waals surface area contributed by atoms with Crippen LogP contribution in [0.2, 0.25) is 0 Å². The minimum atomic E-state index is -0.393. The monoisotopic (exact) mass is 323 g/mol. The highest BCUT2D eigenvalue weighted by molar-refractivity contribution is 5.29. The molecule has 2 nitrogen and oxygen atoms in total. The van der Waals surface area contributed by atoms with E-state index in [2.05, 4.69) is 74.2 Å². The summed E-state index contributed by atoms with van der Waals surface area (Å²) in [5.74, 6) is 0.661. The predicted molar refractivity (Wildman–Crippen MR) is 100 cm³/mol. The van der Waals surface area contributed by atoms with Crippen LogP contribution in [0.3, 0.4) is 0 Å². The maximum atomic E-state index is 11.1. The molecule has 1 fully saturated rings. The van der Waals surface area contributed by atoms with Crippen LogP contribution in [-0.2, 0) is 0 Å². The van der Waals surface area contributed by atoms with Gasteiger partial charge in [-0.1, -0.05) is 66.6 Å². The molecule has 2 aromatic carbocycles. The minimum Gasteiger partial charge on any atom is -0.388 e. The molecule has 1 N–H and O–H groups in total. The van der Waals surface area contributed by atoms with Gasteiger partial charge in [0.15, 0.2) is 0 Å². The average Bonchev–Trinajstić information content (AvgIpc) is 2.62. The molecule has 0 spiro atoms. The molecule has 1 heterocycles. The summed E-state index contributed by atoms with van der Waals surface area (Å²) in [4.78, 5) is 2.50. The normalized spacial score (nSPS) is 23.2. The van der Waals surface area contributed by atoms with Crippen LogP contribution in [0.1, 0.15) is 47.6 Å². The van der Waals surface area contributed by atoms with E-state index in [0.29, 0.717) is 5.92 Å². The number of hydrogen-bond acceptors (Lipinski definition) is 2. The molecule has 0 saturated carbocycles. The fourth-order valence-corrected chi connectivity index (χ4v) is 3.88. The predicted octanol–water partition coefficient (Wildman–Crippen LogP) is 4.46. The van der Waals surface area contributed by atoms with Gasteiger partial charge in [-0.2, -0.15) is 0 Å². The Morgan fingerprint density at radius 3 is 2.17 bits per heavy atom. The van der Waals surface area contributed by atoms with Crippen LogP contribution in [-0.4, -0.2) is 29.6 Å². The molecule has 0 amide bonds. The highest BCUT2D eigenvalue weighted by atomic mass is 16.3. The van der Waals surface area contributed by atoms with Crippen molar-refractivity contribution in [2.24, 2.45) is 5.92 Å². The summed E-state index contributed by atoms with van der Waals surface area (Å²) in [6.07, 6.45) is 0.650. The first-order valence-electron chi connectivity index (χ1n) is 9.12. The highest BCUT2D eigenvalue weighted by Gasteiger charge is 2.35. The lowest BCUT2D eigenvalue weighted by molar-refractivity contribution is 0.0438. The Morgan fingerprint density at radius 1 is 1.00 bits per heavy atom. The van der Waals surface area contributed by atoms with Crippen molar-refractivity contribution >= 4 is 0 Å². The largest absolute Gasteiger partial charge is 0.388 e. The Hall–Kier alpha value is -1.64. The summed E-state index contributed by atoms with van der Waals surface area (Å²) in [5.41, 5.74) is 4.93. The van der Waals surface area contributed by atoms with Gasteiger partial charge in [-0.15, -0.1) is 0 Å². The van der Waals surface area contributed by atoms with Crippen LogP contribution in [0.25, 0.3) is 0 Å². The number of aliphatic hydroxyl groups excluding tert-OH is 1. The van der Waals surface area contributed by atoms with E-state index in [1.807, 2.05) is 0 Å². The molecule has 3 unspecified atom stereocenters. The van der Waals surface area contributed by atoms with Crippen LogP contribution in [0.4, 0.5) is 0 Å². The molecule has 3 rings (SSSR count). The number of rotatable bonds is 4. The summed E-state index contributed by atoms with van der Waals surface area (Å²) in [6.45, 7) is 9.63. The SMILES string of the molecule is CCN1CCC(C(O)c2ccc(C)cc2)C(c2ccc(C)cc2)C1. The van der Waals surface area contributed by atoms with E-state index in [4.69, 9.17) is 0 Å². The van der Waals surface area contributed by atoms with Gasteiger partial charge in [0.1, 0.15) is 0 Å². The molecule has 0 aliphatic carbocycles. The van der Waals surface area contributed by atoms with E-state index in [1.54, 1.807) is 0 Å². The van der Waals surface area contributed by atoms with Crippen LogP contribution in [0, 0.1) is 19.8 Å². The van der Waals surface area contributed by atoms with Gasteiger partial charge >= 0.3 is 0 Å². The highest BCUT2D eigenvalue weighted by Crippen LogP contribution is 2.40.